The fourth-order valence-electron chi connectivity index (χ4n) is 2.42. The third-order valence-electron chi connectivity index (χ3n) is 3.56. The van der Waals surface area contributed by atoms with Crippen LogP contribution in [0.4, 0.5) is 0 Å². The second kappa shape index (κ2) is 5.64. The van der Waals surface area contributed by atoms with Crippen molar-refractivity contribution in [2.45, 2.75) is 32.2 Å². The molecule has 2 heterocycles. The van der Waals surface area contributed by atoms with Gasteiger partial charge in [-0.05, 0) is 26.2 Å². The van der Waals surface area contributed by atoms with Crippen molar-refractivity contribution in [3.05, 3.63) is 0 Å². The van der Waals surface area contributed by atoms with E-state index in [-0.39, 0.29) is 5.92 Å². The molecule has 1 atom stereocenters. The molecule has 16 heavy (non-hydrogen) atoms. The molecule has 2 aliphatic heterocycles. The first kappa shape index (κ1) is 11.9. The van der Waals surface area contributed by atoms with Crippen molar-refractivity contribution in [2.75, 3.05) is 32.8 Å². The summed E-state index contributed by atoms with van der Waals surface area (Å²) in [6, 6.07) is 0.321. The number of carbonyl (C=O) groups excluding carboxylic acids is 1. The number of amides is 1. The lowest BCUT2D eigenvalue weighted by Gasteiger charge is -2.39. The van der Waals surface area contributed by atoms with E-state index in [0.29, 0.717) is 18.6 Å². The number of nitrogens with one attached hydrogen (secondary N) is 1. The molecule has 1 N–H and O–H groups in total. The first-order valence-electron chi connectivity index (χ1n) is 6.42. The highest BCUT2D eigenvalue weighted by Crippen LogP contribution is 2.21. The van der Waals surface area contributed by atoms with Gasteiger partial charge in [-0.15, -0.1) is 0 Å². The fourth-order valence-corrected chi connectivity index (χ4v) is 2.42. The average molecular weight is 226 g/mol. The first-order valence-corrected chi connectivity index (χ1v) is 6.42. The number of piperidine rings is 1. The minimum absolute atomic E-state index is 0.224. The van der Waals surface area contributed by atoms with Gasteiger partial charge in [-0.3, -0.25) is 4.79 Å². The highest BCUT2D eigenvalue weighted by molar-refractivity contribution is 5.80. The van der Waals surface area contributed by atoms with Gasteiger partial charge in [-0.2, -0.15) is 0 Å². The molecule has 0 aromatic carbocycles. The third kappa shape index (κ3) is 2.55. The van der Waals surface area contributed by atoms with Gasteiger partial charge in [0.15, 0.2) is 0 Å². The van der Waals surface area contributed by atoms with Crippen molar-refractivity contribution in [3.8, 4) is 0 Å². The van der Waals surface area contributed by atoms with Gasteiger partial charge in [0.05, 0.1) is 18.6 Å². The molecule has 2 rings (SSSR count). The van der Waals surface area contributed by atoms with Gasteiger partial charge in [-0.1, -0.05) is 0 Å². The molecule has 92 valence electrons. The summed E-state index contributed by atoms with van der Waals surface area (Å²) in [7, 11) is 0. The number of hydrogen-bond donors (Lipinski definition) is 1. The minimum atomic E-state index is 0.224. The van der Waals surface area contributed by atoms with Crippen LogP contribution in [0.2, 0.25) is 0 Å². The molecule has 0 saturated carbocycles. The Balaban J connectivity index is 1.89. The summed E-state index contributed by atoms with van der Waals surface area (Å²) in [5, 5.41) is 3.16. The normalized spacial score (nSPS) is 26.6. The van der Waals surface area contributed by atoms with Gasteiger partial charge in [0.2, 0.25) is 5.91 Å². The second-order valence-corrected chi connectivity index (χ2v) is 4.70. The SMILES string of the molecule is CCOC[C@H]1CCCCN1C(=O)C1CNC1. The van der Waals surface area contributed by atoms with E-state index in [2.05, 4.69) is 10.2 Å². The van der Waals surface area contributed by atoms with E-state index < -0.39 is 0 Å². The van der Waals surface area contributed by atoms with Gasteiger partial charge in [0, 0.05) is 26.2 Å². The zero-order valence-corrected chi connectivity index (χ0v) is 10.1. The van der Waals surface area contributed by atoms with Gasteiger partial charge in [0.1, 0.15) is 0 Å². The van der Waals surface area contributed by atoms with Crippen molar-refractivity contribution >= 4 is 5.91 Å². The zero-order valence-electron chi connectivity index (χ0n) is 10.1. The van der Waals surface area contributed by atoms with Gasteiger partial charge in [0.25, 0.3) is 0 Å². The van der Waals surface area contributed by atoms with E-state index in [1.807, 2.05) is 6.92 Å². The lowest BCUT2D eigenvalue weighted by atomic mass is 9.96. The fraction of sp³-hybridized carbons (Fsp3) is 0.917. The molecule has 2 aliphatic rings. The Labute approximate surface area is 97.3 Å². The smallest absolute Gasteiger partial charge is 0.228 e. The molecule has 0 spiro atoms. The van der Waals surface area contributed by atoms with E-state index in [1.54, 1.807) is 0 Å². The molecular formula is C12H22N2O2. The topological polar surface area (TPSA) is 41.6 Å². The summed E-state index contributed by atoms with van der Waals surface area (Å²) in [6.45, 7) is 6.09. The number of ether oxygens (including phenoxy) is 1. The zero-order chi connectivity index (χ0) is 11.4. The maximum atomic E-state index is 12.2. The van der Waals surface area contributed by atoms with Gasteiger partial charge in [-0.25, -0.2) is 0 Å². The minimum Gasteiger partial charge on any atom is -0.380 e. The van der Waals surface area contributed by atoms with Crippen molar-refractivity contribution < 1.29 is 9.53 Å². The lowest BCUT2D eigenvalue weighted by molar-refractivity contribution is -0.142. The quantitative estimate of drug-likeness (QED) is 0.764. The predicted octanol–water partition coefficient (Wildman–Crippen LogP) is 0.623. The van der Waals surface area contributed by atoms with Gasteiger partial charge < -0.3 is 15.0 Å². The molecule has 0 aromatic heterocycles. The molecule has 4 nitrogen and oxygen atoms in total. The highest BCUT2D eigenvalue weighted by Gasteiger charge is 2.34. The third-order valence-corrected chi connectivity index (χ3v) is 3.56. The molecule has 4 heteroatoms. The van der Waals surface area contributed by atoms with Crippen LogP contribution >= 0.6 is 0 Å². The molecule has 0 radical (unpaired) electrons. The van der Waals surface area contributed by atoms with Crippen LogP contribution in [0, 0.1) is 5.92 Å². The van der Waals surface area contributed by atoms with Crippen LogP contribution in [0.1, 0.15) is 26.2 Å². The summed E-state index contributed by atoms with van der Waals surface area (Å²) in [6.07, 6.45) is 3.48. The second-order valence-electron chi connectivity index (χ2n) is 4.70. The molecule has 0 aliphatic carbocycles. The Hall–Kier alpha value is -0.610. The van der Waals surface area contributed by atoms with Crippen LogP contribution < -0.4 is 5.32 Å². The Kier molecular flexibility index (Phi) is 4.18. The van der Waals surface area contributed by atoms with Crippen molar-refractivity contribution in [1.29, 1.82) is 0 Å². The Bertz CT molecular complexity index is 241. The van der Waals surface area contributed by atoms with Crippen molar-refractivity contribution in [1.82, 2.24) is 10.2 Å². The number of likely N-dealkylation sites (tertiary alicyclic amines) is 1. The number of hydrogen-bond acceptors (Lipinski definition) is 3. The van der Waals surface area contributed by atoms with Crippen LogP contribution in [0.3, 0.4) is 0 Å². The maximum absolute atomic E-state index is 12.2. The summed E-state index contributed by atoms with van der Waals surface area (Å²) >= 11 is 0. The summed E-state index contributed by atoms with van der Waals surface area (Å²) in [4.78, 5) is 14.2. The Morgan fingerprint density at radius 1 is 1.44 bits per heavy atom. The first-order chi connectivity index (χ1) is 7.83. The number of rotatable bonds is 4. The van der Waals surface area contributed by atoms with Crippen LogP contribution in [0.15, 0.2) is 0 Å². The lowest BCUT2D eigenvalue weighted by Crippen LogP contribution is -2.56. The van der Waals surface area contributed by atoms with E-state index in [0.717, 1.165) is 39.1 Å². The molecule has 0 bridgehead atoms. The van der Waals surface area contributed by atoms with E-state index in [4.69, 9.17) is 4.74 Å². The Morgan fingerprint density at radius 2 is 2.25 bits per heavy atom. The van der Waals surface area contributed by atoms with Crippen LogP contribution in [0.5, 0.6) is 0 Å². The standard InChI is InChI=1S/C12H22N2O2/c1-2-16-9-11-5-3-4-6-14(11)12(15)10-7-13-8-10/h10-11,13H,2-9H2,1H3/t11-/m1/s1. The summed E-state index contributed by atoms with van der Waals surface area (Å²) in [5.74, 6) is 0.561. The van der Waals surface area contributed by atoms with E-state index >= 15 is 0 Å². The molecule has 0 aromatic rings. The number of nitrogens with zero attached hydrogens (tertiary/aromatic N) is 1. The maximum Gasteiger partial charge on any atom is 0.228 e. The molecule has 2 saturated heterocycles. The number of carbonyl (C=O) groups is 1. The van der Waals surface area contributed by atoms with E-state index in [9.17, 15) is 4.79 Å². The van der Waals surface area contributed by atoms with E-state index in [1.165, 1.54) is 6.42 Å². The summed E-state index contributed by atoms with van der Waals surface area (Å²) < 4.78 is 5.48. The monoisotopic (exact) mass is 226 g/mol. The van der Waals surface area contributed by atoms with Crippen LogP contribution in [-0.4, -0.2) is 49.7 Å². The Morgan fingerprint density at radius 3 is 2.88 bits per heavy atom. The largest absolute Gasteiger partial charge is 0.380 e. The summed E-state index contributed by atoms with van der Waals surface area (Å²) in [5.41, 5.74) is 0. The highest BCUT2D eigenvalue weighted by atomic mass is 16.5. The molecular weight excluding hydrogens is 204 g/mol. The van der Waals surface area contributed by atoms with Gasteiger partial charge >= 0.3 is 0 Å². The van der Waals surface area contributed by atoms with Crippen molar-refractivity contribution in [3.63, 3.8) is 0 Å². The van der Waals surface area contributed by atoms with Crippen molar-refractivity contribution in [2.24, 2.45) is 5.92 Å². The molecule has 2 fully saturated rings. The van der Waals surface area contributed by atoms with Crippen LogP contribution in [0.25, 0.3) is 0 Å². The molecule has 0 unspecified atom stereocenters. The molecule has 1 amide bonds. The average Bonchev–Trinajstić information content (AvgIpc) is 2.24. The predicted molar refractivity (Wildman–Crippen MR) is 62.2 cm³/mol. The van der Waals surface area contributed by atoms with Crippen LogP contribution in [-0.2, 0) is 9.53 Å².